The molecule has 2 N–H and O–H groups in total. The third kappa shape index (κ3) is 6.40. The van der Waals surface area contributed by atoms with Crippen molar-refractivity contribution in [3.63, 3.8) is 0 Å². The van der Waals surface area contributed by atoms with Crippen LogP contribution in [0.2, 0.25) is 10.0 Å². The molecular formula is C27H28Cl2F3N7. The van der Waals surface area contributed by atoms with Crippen molar-refractivity contribution in [2.45, 2.75) is 26.4 Å². The number of anilines is 3. The zero-order valence-electron chi connectivity index (χ0n) is 21.5. The molecule has 39 heavy (non-hydrogen) atoms. The van der Waals surface area contributed by atoms with E-state index in [1.54, 1.807) is 18.2 Å². The molecule has 0 amide bonds. The number of aromatic amines is 1. The second-order valence-corrected chi connectivity index (χ2v) is 10.8. The number of H-pyrrole nitrogens is 1. The van der Waals surface area contributed by atoms with E-state index in [2.05, 4.69) is 33.9 Å². The van der Waals surface area contributed by atoms with Crippen molar-refractivity contribution in [2.24, 2.45) is 5.92 Å². The number of halogens is 5. The molecule has 1 aliphatic heterocycles. The molecule has 2 aromatic carbocycles. The monoisotopic (exact) mass is 577 g/mol. The van der Waals surface area contributed by atoms with Crippen LogP contribution in [0.15, 0.2) is 42.5 Å². The van der Waals surface area contributed by atoms with Crippen LogP contribution in [0.4, 0.5) is 30.6 Å². The van der Waals surface area contributed by atoms with Crippen molar-refractivity contribution >= 4 is 51.8 Å². The minimum absolute atomic E-state index is 0.345. The third-order valence-corrected chi connectivity index (χ3v) is 7.26. The summed E-state index contributed by atoms with van der Waals surface area (Å²) in [5.41, 5.74) is 1.45. The van der Waals surface area contributed by atoms with Gasteiger partial charge in [0.2, 0.25) is 5.95 Å². The minimum atomic E-state index is -4.41. The number of nitrogens with zero attached hydrogens (tertiary/aromatic N) is 5. The first-order chi connectivity index (χ1) is 18.6. The second-order valence-electron chi connectivity index (χ2n) is 10.0. The van der Waals surface area contributed by atoms with E-state index in [0.29, 0.717) is 56.8 Å². The Labute approximate surface area is 234 Å². The predicted molar refractivity (Wildman–Crippen MR) is 149 cm³/mol. The number of piperazine rings is 1. The summed E-state index contributed by atoms with van der Waals surface area (Å²) in [7, 11) is 0. The Hall–Kier alpha value is -3.08. The topological polar surface area (TPSA) is 73.0 Å². The number of fused-ring (bicyclic) bond motifs is 1. The van der Waals surface area contributed by atoms with Gasteiger partial charge in [0.25, 0.3) is 0 Å². The van der Waals surface area contributed by atoms with Crippen molar-refractivity contribution in [3.8, 4) is 0 Å². The summed E-state index contributed by atoms with van der Waals surface area (Å²) in [5.74, 6) is 2.10. The number of benzene rings is 2. The lowest BCUT2D eigenvalue weighted by atomic mass is 10.1. The molecule has 1 saturated heterocycles. The molecule has 1 fully saturated rings. The summed E-state index contributed by atoms with van der Waals surface area (Å²) in [5, 5.41) is 4.21. The molecule has 4 aromatic rings. The number of nitrogens with one attached hydrogen (secondary N) is 2. The molecule has 0 unspecified atom stereocenters. The number of hydrogen-bond acceptors (Lipinski definition) is 6. The van der Waals surface area contributed by atoms with Gasteiger partial charge in [0.1, 0.15) is 11.3 Å². The Morgan fingerprint density at radius 3 is 2.23 bits per heavy atom. The van der Waals surface area contributed by atoms with Gasteiger partial charge in [0.05, 0.1) is 5.56 Å². The van der Waals surface area contributed by atoms with E-state index in [-0.39, 0.29) is 0 Å². The van der Waals surface area contributed by atoms with Crippen molar-refractivity contribution in [3.05, 3.63) is 69.5 Å². The molecular weight excluding hydrogens is 550 g/mol. The first kappa shape index (κ1) is 27.5. The van der Waals surface area contributed by atoms with E-state index in [1.165, 1.54) is 12.1 Å². The molecule has 5 rings (SSSR count). The normalized spacial score (nSPS) is 14.9. The third-order valence-electron chi connectivity index (χ3n) is 6.55. The van der Waals surface area contributed by atoms with Gasteiger partial charge in [0.15, 0.2) is 11.5 Å². The van der Waals surface area contributed by atoms with E-state index in [9.17, 15) is 13.2 Å². The summed E-state index contributed by atoms with van der Waals surface area (Å²) >= 11 is 12.7. The maximum atomic E-state index is 13.1. The Bertz CT molecular complexity index is 1430. The largest absolute Gasteiger partial charge is 0.416 e. The maximum absolute atomic E-state index is 13.1. The average Bonchev–Trinajstić information content (AvgIpc) is 3.29. The Kier molecular flexibility index (Phi) is 7.89. The summed E-state index contributed by atoms with van der Waals surface area (Å²) < 4.78 is 39.2. The molecule has 0 saturated carbocycles. The minimum Gasteiger partial charge on any atom is -0.338 e. The molecule has 206 valence electrons. The standard InChI is InChI=1S/C27H28Cl2F3N7/c1-16(2)15-38-10-12-39(13-11-38)26-36-24(33-18-8-6-17(7-9-18)27(30,31)32)23-25(37-26)35-22(34-23)14-19-20(28)4-3-5-21(19)29/h3-9,16H,10-15H2,1-2H3,(H2,33,34,35,36,37). The van der Waals surface area contributed by atoms with Crippen LogP contribution in [0.1, 0.15) is 30.8 Å². The van der Waals surface area contributed by atoms with Crippen molar-refractivity contribution in [1.82, 2.24) is 24.8 Å². The van der Waals surface area contributed by atoms with Gasteiger partial charge < -0.3 is 15.2 Å². The highest BCUT2D eigenvalue weighted by Crippen LogP contribution is 2.32. The molecule has 0 aliphatic carbocycles. The van der Waals surface area contributed by atoms with Crippen molar-refractivity contribution in [2.75, 3.05) is 42.9 Å². The van der Waals surface area contributed by atoms with Gasteiger partial charge >= 0.3 is 6.18 Å². The molecule has 2 aromatic heterocycles. The highest BCUT2D eigenvalue weighted by atomic mass is 35.5. The fraction of sp³-hybridized carbons (Fsp3) is 0.370. The maximum Gasteiger partial charge on any atom is 0.416 e. The number of hydrogen-bond donors (Lipinski definition) is 2. The molecule has 3 heterocycles. The van der Waals surface area contributed by atoms with E-state index >= 15 is 0 Å². The summed E-state index contributed by atoms with van der Waals surface area (Å²) in [4.78, 5) is 22.0. The molecule has 0 atom stereocenters. The zero-order chi connectivity index (χ0) is 27.7. The van der Waals surface area contributed by atoms with Crippen LogP contribution in [0.3, 0.4) is 0 Å². The van der Waals surface area contributed by atoms with E-state index in [0.717, 1.165) is 50.4 Å². The summed E-state index contributed by atoms with van der Waals surface area (Å²) in [6.07, 6.45) is -4.07. The van der Waals surface area contributed by atoms with Crippen molar-refractivity contribution < 1.29 is 13.2 Å². The molecule has 0 bridgehead atoms. The highest BCUT2D eigenvalue weighted by molar-refractivity contribution is 6.36. The smallest absolute Gasteiger partial charge is 0.338 e. The molecule has 0 radical (unpaired) electrons. The average molecular weight is 578 g/mol. The molecule has 1 aliphatic rings. The van der Waals surface area contributed by atoms with E-state index in [1.807, 2.05) is 0 Å². The van der Waals surface area contributed by atoms with Gasteiger partial charge in [-0.1, -0.05) is 43.1 Å². The molecule has 0 spiro atoms. The Morgan fingerprint density at radius 1 is 0.949 bits per heavy atom. The van der Waals surface area contributed by atoms with Gasteiger partial charge in [-0.25, -0.2) is 4.98 Å². The number of rotatable bonds is 7. The molecule has 7 nitrogen and oxygen atoms in total. The number of alkyl halides is 3. The zero-order valence-corrected chi connectivity index (χ0v) is 23.0. The quantitative estimate of drug-likeness (QED) is 0.252. The number of aromatic nitrogens is 4. The van der Waals surface area contributed by atoms with Crippen LogP contribution in [0.25, 0.3) is 11.2 Å². The summed E-state index contributed by atoms with van der Waals surface area (Å²) in [6, 6.07) is 10.1. The van der Waals surface area contributed by atoms with Crippen molar-refractivity contribution in [1.29, 1.82) is 0 Å². The Morgan fingerprint density at radius 2 is 1.62 bits per heavy atom. The van der Waals surface area contributed by atoms with Crippen LogP contribution in [0.5, 0.6) is 0 Å². The lowest BCUT2D eigenvalue weighted by Gasteiger charge is -2.35. The van der Waals surface area contributed by atoms with Crippen LogP contribution in [-0.2, 0) is 12.6 Å². The van der Waals surface area contributed by atoms with Gasteiger partial charge in [-0.3, -0.25) is 4.90 Å². The van der Waals surface area contributed by atoms with E-state index in [4.69, 9.17) is 38.2 Å². The lowest BCUT2D eigenvalue weighted by molar-refractivity contribution is -0.137. The van der Waals surface area contributed by atoms with Gasteiger partial charge in [-0.05, 0) is 47.9 Å². The fourth-order valence-electron chi connectivity index (χ4n) is 4.64. The van der Waals surface area contributed by atoms with E-state index < -0.39 is 11.7 Å². The summed E-state index contributed by atoms with van der Waals surface area (Å²) in [6.45, 7) is 8.72. The van der Waals surface area contributed by atoms with Crippen LogP contribution in [-0.4, -0.2) is 57.6 Å². The fourth-order valence-corrected chi connectivity index (χ4v) is 5.17. The van der Waals surface area contributed by atoms with Crippen LogP contribution < -0.4 is 10.2 Å². The molecule has 12 heteroatoms. The van der Waals surface area contributed by atoms with Gasteiger partial charge in [-0.15, -0.1) is 0 Å². The predicted octanol–water partition coefficient (Wildman–Crippen LogP) is 6.79. The first-order valence-corrected chi connectivity index (χ1v) is 13.4. The lowest BCUT2D eigenvalue weighted by Crippen LogP contribution is -2.48. The SMILES string of the molecule is CC(C)CN1CCN(c2nc(Nc3ccc(C(F)(F)F)cc3)c3[nH]c(Cc4c(Cl)cccc4Cl)nc3n2)CC1. The highest BCUT2D eigenvalue weighted by Gasteiger charge is 2.30. The van der Waals surface area contributed by atoms with Gasteiger partial charge in [0, 0.05) is 54.9 Å². The Balaban J connectivity index is 1.48. The van der Waals surface area contributed by atoms with Crippen LogP contribution >= 0.6 is 23.2 Å². The second kappa shape index (κ2) is 11.2. The first-order valence-electron chi connectivity index (χ1n) is 12.7. The number of imidazole rings is 1. The van der Waals surface area contributed by atoms with Gasteiger partial charge in [-0.2, -0.15) is 23.1 Å². The van der Waals surface area contributed by atoms with Crippen LogP contribution in [0, 0.1) is 5.92 Å².